The second-order valence-electron chi connectivity index (χ2n) is 9.78. The summed E-state index contributed by atoms with van der Waals surface area (Å²) in [5, 5.41) is 0. The zero-order chi connectivity index (χ0) is 25.4. The quantitative estimate of drug-likeness (QED) is 0.333. The van der Waals surface area contributed by atoms with Crippen LogP contribution in [-0.4, -0.2) is 31.3 Å². The second kappa shape index (κ2) is 7.94. The first-order chi connectivity index (χ1) is 17.2. The number of hydrogen-bond acceptors (Lipinski definition) is 5. The third kappa shape index (κ3) is 3.43. The van der Waals surface area contributed by atoms with Gasteiger partial charge in [0.2, 0.25) is 11.8 Å². The smallest absolute Gasteiger partial charge is 0.418 e. The molecular formula is C27H22F3NO5. The first-order valence-electron chi connectivity index (χ1n) is 11.8. The average Bonchev–Trinajstić information content (AvgIpc) is 3.65. The van der Waals surface area contributed by atoms with Crippen molar-refractivity contribution in [3.8, 4) is 11.5 Å². The van der Waals surface area contributed by atoms with Crippen LogP contribution in [0.4, 0.5) is 18.9 Å². The Morgan fingerprint density at radius 3 is 2.08 bits per heavy atom. The maximum atomic E-state index is 14.1. The van der Waals surface area contributed by atoms with E-state index >= 15 is 0 Å². The van der Waals surface area contributed by atoms with Gasteiger partial charge in [0, 0.05) is 5.56 Å². The number of Topliss-reactive ketones (excluding diaryl/α,β-unsaturated/α-hetero) is 1. The first-order valence-corrected chi connectivity index (χ1v) is 11.8. The molecule has 4 unspecified atom stereocenters. The van der Waals surface area contributed by atoms with Crippen LogP contribution in [0.1, 0.15) is 22.3 Å². The number of carbonyl (C=O) groups excluding carboxylic acids is 3. The van der Waals surface area contributed by atoms with Gasteiger partial charge in [0.15, 0.2) is 12.4 Å². The van der Waals surface area contributed by atoms with E-state index < -0.39 is 53.5 Å². The molecule has 0 radical (unpaired) electrons. The van der Waals surface area contributed by atoms with Crippen LogP contribution in [0, 0.1) is 35.5 Å². The maximum absolute atomic E-state index is 14.1. The molecule has 9 heteroatoms. The van der Waals surface area contributed by atoms with E-state index in [1.54, 1.807) is 12.1 Å². The Morgan fingerprint density at radius 1 is 0.944 bits per heavy atom. The number of allylic oxidation sites excluding steroid dienone is 2. The molecule has 1 saturated heterocycles. The molecule has 6 nitrogen and oxygen atoms in total. The summed E-state index contributed by atoms with van der Waals surface area (Å²) < 4.78 is 52.6. The van der Waals surface area contributed by atoms with Crippen LogP contribution >= 0.6 is 0 Å². The molecule has 3 fully saturated rings. The Labute approximate surface area is 204 Å². The summed E-state index contributed by atoms with van der Waals surface area (Å²) in [5.74, 6) is -1.88. The molecule has 5 aliphatic rings. The molecular weight excluding hydrogens is 475 g/mol. The topological polar surface area (TPSA) is 72.9 Å². The number of rotatable bonds is 6. The molecule has 2 aromatic rings. The van der Waals surface area contributed by atoms with E-state index in [0.29, 0.717) is 23.1 Å². The molecule has 186 valence electrons. The average molecular weight is 497 g/mol. The van der Waals surface area contributed by atoms with E-state index in [1.807, 2.05) is 12.2 Å². The van der Waals surface area contributed by atoms with E-state index in [2.05, 4.69) is 0 Å². The van der Waals surface area contributed by atoms with Gasteiger partial charge >= 0.3 is 6.18 Å². The van der Waals surface area contributed by atoms with E-state index in [-0.39, 0.29) is 17.6 Å². The highest BCUT2D eigenvalue weighted by molar-refractivity contribution is 6.23. The summed E-state index contributed by atoms with van der Waals surface area (Å²) >= 11 is 0. The van der Waals surface area contributed by atoms with Crippen molar-refractivity contribution < 1.29 is 37.0 Å². The minimum Gasteiger partial charge on any atom is -0.497 e. The number of ether oxygens (including phenoxy) is 2. The molecule has 0 spiro atoms. The van der Waals surface area contributed by atoms with Gasteiger partial charge in [-0.25, -0.2) is 4.90 Å². The van der Waals surface area contributed by atoms with Gasteiger partial charge in [0.25, 0.3) is 0 Å². The van der Waals surface area contributed by atoms with Crippen LogP contribution < -0.4 is 14.4 Å². The van der Waals surface area contributed by atoms with Crippen molar-refractivity contribution in [2.45, 2.75) is 12.6 Å². The lowest BCUT2D eigenvalue weighted by atomic mass is 9.63. The lowest BCUT2D eigenvalue weighted by Crippen LogP contribution is -2.40. The molecule has 4 aliphatic carbocycles. The third-order valence-electron chi connectivity index (χ3n) is 7.96. The number of methoxy groups -OCH3 is 1. The normalized spacial score (nSPS) is 29.7. The summed E-state index contributed by atoms with van der Waals surface area (Å²) in [6, 6.07) is 9.32. The van der Waals surface area contributed by atoms with Crippen LogP contribution in [0.25, 0.3) is 0 Å². The van der Waals surface area contributed by atoms with Crippen molar-refractivity contribution in [1.82, 2.24) is 0 Å². The number of anilines is 1. The highest BCUT2D eigenvalue weighted by Gasteiger charge is 2.67. The van der Waals surface area contributed by atoms with Gasteiger partial charge in [-0.3, -0.25) is 14.4 Å². The Hall–Kier alpha value is -3.62. The number of carbonyl (C=O) groups is 3. The summed E-state index contributed by atoms with van der Waals surface area (Å²) in [7, 11) is 1.49. The van der Waals surface area contributed by atoms with Gasteiger partial charge in [-0.1, -0.05) is 12.2 Å². The predicted molar refractivity (Wildman–Crippen MR) is 121 cm³/mol. The molecule has 0 N–H and O–H groups in total. The van der Waals surface area contributed by atoms with Crippen molar-refractivity contribution in [3.63, 3.8) is 0 Å². The fourth-order valence-electron chi connectivity index (χ4n) is 6.23. The molecule has 0 aromatic heterocycles. The van der Waals surface area contributed by atoms with Crippen LogP contribution in [-0.2, 0) is 15.8 Å². The van der Waals surface area contributed by atoms with Crippen molar-refractivity contribution >= 4 is 23.3 Å². The van der Waals surface area contributed by atoms with Crippen LogP contribution in [0.3, 0.4) is 0 Å². The monoisotopic (exact) mass is 497 g/mol. The SMILES string of the molecule is COc1ccc(C(=O)COc2ccc(N3C(=O)C4C(C3=O)C3C=CC4[C@H]4C[C@@H]34)c(C(F)(F)F)c2)cc1. The first kappa shape index (κ1) is 22.8. The minimum atomic E-state index is -4.84. The standard InChI is InChI=1S/C27H22F3NO5/c1-35-14-4-2-13(3-5-14)22(32)12-36-15-6-9-21(20(10-15)27(28,29)30)31-25(33)23-16-7-8-17(19-11-18(16)19)24(23)26(31)34/h2-10,16-19,23-24H,11-12H2,1H3/t16?,17?,18-,19+,23?,24?. The van der Waals surface area contributed by atoms with Gasteiger partial charge in [0.05, 0.1) is 30.2 Å². The molecule has 2 saturated carbocycles. The summed E-state index contributed by atoms with van der Waals surface area (Å²) in [5.41, 5.74) is -1.32. The zero-order valence-corrected chi connectivity index (χ0v) is 19.2. The van der Waals surface area contributed by atoms with E-state index in [1.165, 1.54) is 25.3 Å². The number of halogens is 3. The van der Waals surface area contributed by atoms with Crippen molar-refractivity contribution in [2.75, 3.05) is 18.6 Å². The molecule has 1 aliphatic heterocycles. The largest absolute Gasteiger partial charge is 0.497 e. The zero-order valence-electron chi connectivity index (χ0n) is 19.2. The number of hydrogen-bond donors (Lipinski definition) is 0. The third-order valence-corrected chi connectivity index (χ3v) is 7.96. The number of amides is 2. The highest BCUT2D eigenvalue weighted by atomic mass is 19.4. The number of benzene rings is 2. The van der Waals surface area contributed by atoms with E-state index in [0.717, 1.165) is 23.5 Å². The van der Waals surface area contributed by atoms with Gasteiger partial charge in [0.1, 0.15) is 11.5 Å². The molecule has 2 amide bonds. The summed E-state index contributed by atoms with van der Waals surface area (Å²) in [4.78, 5) is 39.7. The Kier molecular flexibility index (Phi) is 5.04. The van der Waals surface area contributed by atoms with E-state index in [9.17, 15) is 27.6 Å². The minimum absolute atomic E-state index is 0.0904. The summed E-state index contributed by atoms with van der Waals surface area (Å²) in [6.45, 7) is -0.480. The lowest BCUT2D eigenvalue weighted by molar-refractivity contribution is -0.137. The number of alkyl halides is 3. The fraction of sp³-hybridized carbons (Fsp3) is 0.370. The van der Waals surface area contributed by atoms with E-state index in [4.69, 9.17) is 9.47 Å². The molecule has 6 atom stereocenters. The number of imide groups is 1. The molecule has 7 rings (SSSR count). The number of ketones is 1. The van der Waals surface area contributed by atoms with Gasteiger partial charge < -0.3 is 9.47 Å². The van der Waals surface area contributed by atoms with Gasteiger partial charge in [-0.05, 0) is 72.6 Å². The van der Waals surface area contributed by atoms with Gasteiger partial charge in [-0.2, -0.15) is 13.2 Å². The van der Waals surface area contributed by atoms with Crippen LogP contribution in [0.5, 0.6) is 11.5 Å². The Bertz CT molecular complexity index is 1270. The predicted octanol–water partition coefficient (Wildman–Crippen LogP) is 4.53. The van der Waals surface area contributed by atoms with Gasteiger partial charge in [-0.15, -0.1) is 0 Å². The molecule has 2 bridgehead atoms. The Morgan fingerprint density at radius 2 is 1.53 bits per heavy atom. The number of nitrogens with zero attached hydrogens (tertiary/aromatic N) is 1. The van der Waals surface area contributed by atoms with Crippen molar-refractivity contribution in [2.24, 2.45) is 35.5 Å². The lowest BCUT2D eigenvalue weighted by Gasteiger charge is -2.37. The fourth-order valence-corrected chi connectivity index (χ4v) is 6.23. The molecule has 1 heterocycles. The molecule has 36 heavy (non-hydrogen) atoms. The van der Waals surface area contributed by atoms with Crippen LogP contribution in [0.2, 0.25) is 0 Å². The highest BCUT2D eigenvalue weighted by Crippen LogP contribution is 2.65. The molecule has 2 aromatic carbocycles. The van der Waals surface area contributed by atoms with Crippen molar-refractivity contribution in [3.05, 3.63) is 65.7 Å². The van der Waals surface area contributed by atoms with Crippen molar-refractivity contribution in [1.29, 1.82) is 0 Å². The van der Waals surface area contributed by atoms with Crippen LogP contribution in [0.15, 0.2) is 54.6 Å². The summed E-state index contributed by atoms with van der Waals surface area (Å²) in [6.07, 6.45) is 0.0552. The Balaban J connectivity index is 1.26. The second-order valence-corrected chi connectivity index (χ2v) is 9.78. The maximum Gasteiger partial charge on any atom is 0.418 e.